The van der Waals surface area contributed by atoms with Crippen LogP contribution in [0, 0.1) is 17.0 Å². The molecule has 1 N–H and O–H groups in total. The number of nitro groups is 1. The number of aromatic nitrogens is 2. The van der Waals surface area contributed by atoms with Crippen molar-refractivity contribution in [1.82, 2.24) is 9.78 Å². The van der Waals surface area contributed by atoms with Crippen LogP contribution in [0.2, 0.25) is 0 Å². The first-order valence-corrected chi connectivity index (χ1v) is 7.22. The van der Waals surface area contributed by atoms with Crippen LogP contribution in [0.4, 0.5) is 11.4 Å². The van der Waals surface area contributed by atoms with Crippen LogP contribution >= 0.6 is 0 Å². The zero-order valence-corrected chi connectivity index (χ0v) is 12.6. The molecule has 3 aromatic rings. The van der Waals surface area contributed by atoms with Gasteiger partial charge in [-0.2, -0.15) is 5.10 Å². The summed E-state index contributed by atoms with van der Waals surface area (Å²) in [5, 5.41) is 18.4. The molecule has 0 atom stereocenters. The van der Waals surface area contributed by atoms with Gasteiger partial charge in [0, 0.05) is 30.6 Å². The fourth-order valence-corrected chi connectivity index (χ4v) is 2.33. The molecule has 0 radical (unpaired) electrons. The van der Waals surface area contributed by atoms with E-state index in [0.29, 0.717) is 6.54 Å². The average Bonchev–Trinajstić information content (AvgIpc) is 3.00. The Balaban J connectivity index is 1.77. The van der Waals surface area contributed by atoms with Crippen LogP contribution in [0.15, 0.2) is 60.8 Å². The molecule has 0 spiro atoms. The van der Waals surface area contributed by atoms with E-state index < -0.39 is 4.92 Å². The van der Waals surface area contributed by atoms with Crippen LogP contribution < -0.4 is 5.32 Å². The summed E-state index contributed by atoms with van der Waals surface area (Å²) in [4.78, 5) is 10.3. The highest BCUT2D eigenvalue weighted by Gasteiger charge is 2.07. The van der Waals surface area contributed by atoms with E-state index >= 15 is 0 Å². The van der Waals surface area contributed by atoms with Crippen LogP contribution in [-0.2, 0) is 6.54 Å². The molecule has 0 saturated carbocycles. The largest absolute Gasteiger partial charge is 0.381 e. The topological polar surface area (TPSA) is 73.0 Å². The monoisotopic (exact) mass is 308 g/mol. The van der Waals surface area contributed by atoms with Crippen molar-refractivity contribution in [3.63, 3.8) is 0 Å². The van der Waals surface area contributed by atoms with E-state index in [-0.39, 0.29) is 5.69 Å². The summed E-state index contributed by atoms with van der Waals surface area (Å²) in [5.74, 6) is 0. The average molecular weight is 308 g/mol. The van der Waals surface area contributed by atoms with Crippen LogP contribution in [-0.4, -0.2) is 14.7 Å². The second kappa shape index (κ2) is 6.31. The van der Waals surface area contributed by atoms with E-state index in [1.165, 1.54) is 12.1 Å². The fraction of sp³-hybridized carbons (Fsp3) is 0.118. The van der Waals surface area contributed by atoms with Gasteiger partial charge < -0.3 is 5.32 Å². The van der Waals surface area contributed by atoms with E-state index in [2.05, 4.69) is 10.4 Å². The lowest BCUT2D eigenvalue weighted by molar-refractivity contribution is -0.384. The Morgan fingerprint density at radius 2 is 1.87 bits per heavy atom. The molecule has 0 aliphatic heterocycles. The summed E-state index contributed by atoms with van der Waals surface area (Å²) in [6, 6.07) is 16.4. The van der Waals surface area contributed by atoms with Crippen molar-refractivity contribution >= 4 is 11.4 Å². The second-order valence-electron chi connectivity index (χ2n) is 5.19. The normalized spacial score (nSPS) is 10.5. The van der Waals surface area contributed by atoms with Crippen molar-refractivity contribution in [2.45, 2.75) is 13.5 Å². The minimum absolute atomic E-state index is 0.0861. The SMILES string of the molecule is Cc1ccn(-c2ccccc2CNc2ccc([N+](=O)[O-])cc2)n1. The second-order valence-corrected chi connectivity index (χ2v) is 5.19. The van der Waals surface area contributed by atoms with Gasteiger partial charge in [-0.1, -0.05) is 18.2 Å². The number of benzene rings is 2. The predicted molar refractivity (Wildman–Crippen MR) is 88.7 cm³/mol. The van der Waals surface area contributed by atoms with Gasteiger partial charge in [-0.15, -0.1) is 0 Å². The summed E-state index contributed by atoms with van der Waals surface area (Å²) < 4.78 is 1.85. The van der Waals surface area contributed by atoms with E-state index in [1.54, 1.807) is 12.1 Å². The van der Waals surface area contributed by atoms with E-state index in [9.17, 15) is 10.1 Å². The standard InChI is InChI=1S/C17H16N4O2/c1-13-10-11-20(19-13)17-5-3-2-4-14(17)12-18-15-6-8-16(9-7-15)21(22)23/h2-11,18H,12H2,1H3. The van der Waals surface area contributed by atoms with Gasteiger partial charge in [-0.25, -0.2) is 4.68 Å². The van der Waals surface area contributed by atoms with Gasteiger partial charge in [0.05, 0.1) is 16.3 Å². The molecule has 23 heavy (non-hydrogen) atoms. The highest BCUT2D eigenvalue weighted by atomic mass is 16.6. The van der Waals surface area contributed by atoms with E-state index in [4.69, 9.17) is 0 Å². The molecule has 0 amide bonds. The lowest BCUT2D eigenvalue weighted by atomic mass is 10.1. The maximum absolute atomic E-state index is 10.7. The number of hydrogen-bond donors (Lipinski definition) is 1. The Bertz CT molecular complexity index is 825. The zero-order valence-electron chi connectivity index (χ0n) is 12.6. The van der Waals surface area contributed by atoms with Crippen molar-refractivity contribution in [3.05, 3.63) is 82.2 Å². The molecule has 0 aliphatic carbocycles. The Morgan fingerprint density at radius 1 is 1.13 bits per heavy atom. The quantitative estimate of drug-likeness (QED) is 0.576. The molecule has 0 bridgehead atoms. The molecule has 0 unspecified atom stereocenters. The third kappa shape index (κ3) is 3.37. The van der Waals surface area contributed by atoms with Gasteiger partial charge in [0.1, 0.15) is 0 Å². The van der Waals surface area contributed by atoms with Crippen molar-refractivity contribution in [2.75, 3.05) is 5.32 Å². The minimum Gasteiger partial charge on any atom is -0.381 e. The molecule has 6 nitrogen and oxygen atoms in total. The molecular formula is C17H16N4O2. The lowest BCUT2D eigenvalue weighted by Crippen LogP contribution is -2.05. The van der Waals surface area contributed by atoms with Gasteiger partial charge >= 0.3 is 0 Å². The molecule has 1 heterocycles. The number of aryl methyl sites for hydroxylation is 1. The summed E-state index contributed by atoms with van der Waals surface area (Å²) >= 11 is 0. The first-order chi connectivity index (χ1) is 11.1. The first kappa shape index (κ1) is 14.8. The predicted octanol–water partition coefficient (Wildman–Crippen LogP) is 3.70. The van der Waals surface area contributed by atoms with Crippen molar-refractivity contribution in [2.24, 2.45) is 0 Å². The van der Waals surface area contributed by atoms with Crippen LogP contribution in [0.1, 0.15) is 11.3 Å². The van der Waals surface area contributed by atoms with Crippen LogP contribution in [0.25, 0.3) is 5.69 Å². The maximum Gasteiger partial charge on any atom is 0.269 e. The zero-order chi connectivity index (χ0) is 16.2. The van der Waals surface area contributed by atoms with E-state index in [1.807, 2.05) is 48.1 Å². The fourth-order valence-electron chi connectivity index (χ4n) is 2.33. The molecule has 3 rings (SSSR count). The Hall–Kier alpha value is -3.15. The number of para-hydroxylation sites is 1. The number of nitrogens with one attached hydrogen (secondary N) is 1. The van der Waals surface area contributed by atoms with Crippen molar-refractivity contribution < 1.29 is 4.92 Å². The van der Waals surface area contributed by atoms with Crippen molar-refractivity contribution in [3.8, 4) is 5.69 Å². The number of nitro benzene ring substituents is 1. The summed E-state index contributed by atoms with van der Waals surface area (Å²) in [7, 11) is 0. The molecule has 0 aliphatic rings. The highest BCUT2D eigenvalue weighted by molar-refractivity contribution is 5.50. The molecule has 6 heteroatoms. The van der Waals surface area contributed by atoms with Gasteiger partial charge in [0.2, 0.25) is 0 Å². The van der Waals surface area contributed by atoms with Gasteiger partial charge in [0.15, 0.2) is 0 Å². The number of hydrogen-bond acceptors (Lipinski definition) is 4. The summed E-state index contributed by atoms with van der Waals surface area (Å²) in [5.41, 5.74) is 3.98. The Kier molecular flexibility index (Phi) is 4.05. The van der Waals surface area contributed by atoms with Gasteiger partial charge in [0.25, 0.3) is 5.69 Å². The number of nitrogens with zero attached hydrogens (tertiary/aromatic N) is 3. The van der Waals surface area contributed by atoms with Crippen LogP contribution in [0.3, 0.4) is 0 Å². The summed E-state index contributed by atoms with van der Waals surface area (Å²) in [6.07, 6.45) is 1.93. The van der Waals surface area contributed by atoms with Crippen molar-refractivity contribution in [1.29, 1.82) is 0 Å². The van der Waals surface area contributed by atoms with Gasteiger partial charge in [-0.3, -0.25) is 10.1 Å². The highest BCUT2D eigenvalue weighted by Crippen LogP contribution is 2.19. The lowest BCUT2D eigenvalue weighted by Gasteiger charge is -2.11. The summed E-state index contributed by atoms with van der Waals surface area (Å²) in [6.45, 7) is 2.56. The minimum atomic E-state index is -0.404. The maximum atomic E-state index is 10.7. The van der Waals surface area contributed by atoms with E-state index in [0.717, 1.165) is 22.6 Å². The Labute approximate surface area is 133 Å². The molecule has 0 fully saturated rings. The molecule has 0 saturated heterocycles. The number of anilines is 1. The molecule has 2 aromatic carbocycles. The molecule has 116 valence electrons. The van der Waals surface area contributed by atoms with Crippen LogP contribution in [0.5, 0.6) is 0 Å². The Morgan fingerprint density at radius 3 is 2.52 bits per heavy atom. The molecule has 1 aromatic heterocycles. The third-order valence-corrected chi connectivity index (χ3v) is 3.52. The third-order valence-electron chi connectivity index (χ3n) is 3.52. The first-order valence-electron chi connectivity index (χ1n) is 7.22. The molecular weight excluding hydrogens is 292 g/mol. The number of non-ortho nitro benzene ring substituents is 1. The number of rotatable bonds is 5. The smallest absolute Gasteiger partial charge is 0.269 e. The van der Waals surface area contributed by atoms with Gasteiger partial charge in [-0.05, 0) is 36.8 Å².